The van der Waals surface area contributed by atoms with Crippen LogP contribution in [-0.2, 0) is 25.3 Å². The SMILES string of the molecule is C=C1CC2C=Nc3cc(OCCCC(=O)Nc4cn(C)c(C(=O)Cc5ccc(-c6cc(C(=O)n7ccc8cc(OC(C)(C)C)ccc87)n(C)c6)cc5)n4)c(C)cc3C(=O)N2C1. The van der Waals surface area contributed by atoms with Crippen LogP contribution in [0.1, 0.15) is 82.6 Å². The van der Waals surface area contributed by atoms with Crippen molar-refractivity contribution in [1.82, 2.24) is 23.6 Å². The average molecular weight is 820 g/mol. The van der Waals surface area contributed by atoms with Crippen LogP contribution in [0, 0.1) is 6.92 Å². The van der Waals surface area contributed by atoms with Gasteiger partial charge < -0.3 is 28.8 Å². The fourth-order valence-corrected chi connectivity index (χ4v) is 7.87. The van der Waals surface area contributed by atoms with Crippen LogP contribution in [0.15, 0.2) is 102 Å². The van der Waals surface area contributed by atoms with Gasteiger partial charge in [-0.25, -0.2) is 4.98 Å². The number of aromatic nitrogens is 4. The number of amides is 2. The summed E-state index contributed by atoms with van der Waals surface area (Å²) in [5, 5.41) is 3.71. The Morgan fingerprint density at radius 2 is 1.74 bits per heavy atom. The Kier molecular flexibility index (Phi) is 10.8. The smallest absolute Gasteiger partial charge is 0.278 e. The molecule has 8 rings (SSSR count). The Labute approximate surface area is 354 Å². The standard InChI is InChI=1S/C48H49N7O6/c1-29-19-35-25-49-38-24-42(30(2)20-37(38)46(58)55(35)26-29)60-18-8-9-44(57)50-43-28-53(7)45(51-43)41(56)21-31-10-12-32(13-11-31)34-23-40(52(6)27-34)47(59)54-17-16-33-22-36(14-15-39(33)54)61-48(3,4)5/h10-17,20,22-25,27-28,35H,1,8-9,18-19,21,26H2,2-7H3,(H,50,57). The second-order valence-electron chi connectivity index (χ2n) is 16.9. The number of ether oxygens (including phenoxy) is 2. The molecule has 13 nitrogen and oxygen atoms in total. The second-order valence-corrected chi connectivity index (χ2v) is 16.9. The topological polar surface area (TPSA) is 142 Å². The molecular weight excluding hydrogens is 771 g/mol. The molecule has 6 aromatic rings. The lowest BCUT2D eigenvalue weighted by molar-refractivity contribution is -0.116. The van der Waals surface area contributed by atoms with E-state index in [0.29, 0.717) is 47.9 Å². The molecule has 1 N–H and O–H groups in total. The van der Waals surface area contributed by atoms with Crippen molar-refractivity contribution in [2.24, 2.45) is 19.1 Å². The number of benzene rings is 3. The van der Waals surface area contributed by atoms with Crippen LogP contribution in [-0.4, -0.2) is 78.1 Å². The van der Waals surface area contributed by atoms with Gasteiger partial charge in [-0.2, -0.15) is 0 Å². The van der Waals surface area contributed by atoms with Crippen molar-refractivity contribution in [3.63, 3.8) is 0 Å². The lowest BCUT2D eigenvalue weighted by Crippen LogP contribution is -2.35. The molecular formula is C48H49N7O6. The molecule has 3 aromatic carbocycles. The van der Waals surface area contributed by atoms with E-state index in [4.69, 9.17) is 9.47 Å². The Balaban J connectivity index is 0.833. The van der Waals surface area contributed by atoms with Crippen molar-refractivity contribution in [3.8, 4) is 22.6 Å². The van der Waals surface area contributed by atoms with E-state index in [9.17, 15) is 19.2 Å². The first-order valence-corrected chi connectivity index (χ1v) is 20.4. The number of hydrogen-bond donors (Lipinski definition) is 1. The lowest BCUT2D eigenvalue weighted by atomic mass is 10.0. The maximum Gasteiger partial charge on any atom is 0.278 e. The summed E-state index contributed by atoms with van der Waals surface area (Å²) in [4.78, 5) is 63.9. The van der Waals surface area contributed by atoms with Gasteiger partial charge in [-0.15, -0.1) is 0 Å². The van der Waals surface area contributed by atoms with E-state index in [0.717, 1.165) is 44.5 Å². The quantitative estimate of drug-likeness (QED) is 0.0745. The molecule has 0 spiro atoms. The van der Waals surface area contributed by atoms with Gasteiger partial charge >= 0.3 is 0 Å². The monoisotopic (exact) mass is 819 g/mol. The fraction of sp³-hybridized carbons (Fsp3) is 0.292. The van der Waals surface area contributed by atoms with Gasteiger partial charge in [-0.1, -0.05) is 36.4 Å². The van der Waals surface area contributed by atoms with Crippen molar-refractivity contribution < 1.29 is 28.7 Å². The third-order valence-corrected chi connectivity index (χ3v) is 10.8. The summed E-state index contributed by atoms with van der Waals surface area (Å²) >= 11 is 0. The lowest BCUT2D eigenvalue weighted by Gasteiger charge is -2.21. The zero-order valence-electron chi connectivity index (χ0n) is 35.3. The van der Waals surface area contributed by atoms with Crippen LogP contribution in [0.5, 0.6) is 11.5 Å². The zero-order chi connectivity index (χ0) is 43.2. The number of hydrogen-bond acceptors (Lipinski definition) is 8. The van der Waals surface area contributed by atoms with Crippen molar-refractivity contribution in [2.45, 2.75) is 65.0 Å². The van der Waals surface area contributed by atoms with E-state index < -0.39 is 0 Å². The number of Topliss-reactive ketones (excluding diaryl/α,β-unsaturated/α-hetero) is 1. The number of aliphatic imine (C=N–C) groups is 1. The summed E-state index contributed by atoms with van der Waals surface area (Å²) in [5.41, 5.74) is 6.53. The first-order chi connectivity index (χ1) is 29.1. The number of anilines is 1. The van der Waals surface area contributed by atoms with Gasteiger partial charge in [0.25, 0.3) is 11.8 Å². The highest BCUT2D eigenvalue weighted by molar-refractivity contribution is 6.04. The Bertz CT molecular complexity index is 2760. The zero-order valence-corrected chi connectivity index (χ0v) is 35.3. The number of nitrogens with zero attached hydrogens (tertiary/aromatic N) is 6. The summed E-state index contributed by atoms with van der Waals surface area (Å²) in [5.74, 6) is 1.24. The maximum absolute atomic E-state index is 13.7. The summed E-state index contributed by atoms with van der Waals surface area (Å²) in [6, 6.07) is 20.7. The van der Waals surface area contributed by atoms with Crippen molar-refractivity contribution in [2.75, 3.05) is 18.5 Å². The van der Waals surface area contributed by atoms with Crippen LogP contribution in [0.25, 0.3) is 22.0 Å². The van der Waals surface area contributed by atoms with Gasteiger partial charge in [-0.3, -0.25) is 28.7 Å². The minimum Gasteiger partial charge on any atom is -0.493 e. The van der Waals surface area contributed by atoms with Crippen LogP contribution in [0.4, 0.5) is 11.5 Å². The van der Waals surface area contributed by atoms with Gasteiger partial charge in [0.05, 0.1) is 29.4 Å². The van der Waals surface area contributed by atoms with Gasteiger partial charge in [0.2, 0.25) is 11.7 Å². The third-order valence-electron chi connectivity index (χ3n) is 10.8. The van der Waals surface area contributed by atoms with E-state index >= 15 is 0 Å². The van der Waals surface area contributed by atoms with Gasteiger partial charge in [0.1, 0.15) is 22.8 Å². The van der Waals surface area contributed by atoms with E-state index in [1.807, 2.05) is 106 Å². The summed E-state index contributed by atoms with van der Waals surface area (Å²) in [6.07, 6.45) is 8.58. The van der Waals surface area contributed by atoms with Crippen LogP contribution >= 0.6 is 0 Å². The molecule has 2 amide bonds. The molecule has 13 heteroatoms. The van der Waals surface area contributed by atoms with Crippen LogP contribution < -0.4 is 14.8 Å². The molecule has 0 bridgehead atoms. The Morgan fingerprint density at radius 3 is 2.51 bits per heavy atom. The second kappa shape index (κ2) is 16.2. The molecule has 3 aromatic heterocycles. The molecule has 312 valence electrons. The number of nitrogens with one attached hydrogen (secondary N) is 1. The Morgan fingerprint density at radius 1 is 0.951 bits per heavy atom. The predicted molar refractivity (Wildman–Crippen MR) is 235 cm³/mol. The van der Waals surface area contributed by atoms with Gasteiger partial charge in [0.15, 0.2) is 11.6 Å². The van der Waals surface area contributed by atoms with Crippen LogP contribution in [0.3, 0.4) is 0 Å². The van der Waals surface area contributed by atoms with E-state index in [2.05, 4.69) is 21.9 Å². The largest absolute Gasteiger partial charge is 0.493 e. The number of ketones is 1. The third kappa shape index (κ3) is 8.68. The number of imidazole rings is 1. The summed E-state index contributed by atoms with van der Waals surface area (Å²) in [6.45, 7) is 12.7. The highest BCUT2D eigenvalue weighted by Crippen LogP contribution is 2.35. The first kappa shape index (κ1) is 40.7. The van der Waals surface area contributed by atoms with Crippen LogP contribution in [0.2, 0.25) is 0 Å². The number of carbonyl (C=O) groups is 4. The van der Waals surface area contributed by atoms with E-state index in [1.54, 1.807) is 45.8 Å². The number of rotatable bonds is 12. The van der Waals surface area contributed by atoms with Gasteiger partial charge in [0, 0.05) is 75.3 Å². The molecule has 5 heterocycles. The highest BCUT2D eigenvalue weighted by atomic mass is 16.5. The number of carbonyl (C=O) groups excluding carboxylic acids is 4. The molecule has 1 unspecified atom stereocenters. The van der Waals surface area contributed by atoms with Crippen molar-refractivity contribution in [1.29, 1.82) is 0 Å². The molecule has 0 radical (unpaired) electrons. The van der Waals surface area contributed by atoms with Gasteiger partial charge in [-0.05, 0) is 93.6 Å². The highest BCUT2D eigenvalue weighted by Gasteiger charge is 2.34. The molecule has 1 fully saturated rings. The summed E-state index contributed by atoms with van der Waals surface area (Å²) in [7, 11) is 3.57. The molecule has 1 atom stereocenters. The molecule has 61 heavy (non-hydrogen) atoms. The molecule has 2 aliphatic rings. The summed E-state index contributed by atoms with van der Waals surface area (Å²) < 4.78 is 17.1. The molecule has 0 aliphatic carbocycles. The van der Waals surface area contributed by atoms with Crippen molar-refractivity contribution in [3.05, 3.63) is 126 Å². The first-order valence-electron chi connectivity index (χ1n) is 20.4. The van der Waals surface area contributed by atoms with E-state index in [1.165, 1.54) is 0 Å². The Hall–Kier alpha value is -7.02. The average Bonchev–Trinajstić information content (AvgIpc) is 3.98. The van der Waals surface area contributed by atoms with E-state index in [-0.39, 0.29) is 60.4 Å². The normalized spacial score (nSPS) is 14.9. The number of fused-ring (bicyclic) bond motifs is 3. The maximum atomic E-state index is 13.7. The minimum atomic E-state index is -0.328. The predicted octanol–water partition coefficient (Wildman–Crippen LogP) is 8.26. The molecule has 1 saturated heterocycles. The number of aryl methyl sites for hydroxylation is 3. The minimum absolute atomic E-state index is 0.0602. The fourth-order valence-electron chi connectivity index (χ4n) is 7.87. The van der Waals surface area contributed by atoms with Crippen molar-refractivity contribution >= 4 is 52.1 Å². The molecule has 0 saturated carbocycles. The molecule has 2 aliphatic heterocycles.